The number of ether oxygens (including phenoxy) is 2. The van der Waals surface area contributed by atoms with Crippen molar-refractivity contribution in [1.29, 1.82) is 0 Å². The molecule has 30 heavy (non-hydrogen) atoms. The Labute approximate surface area is 172 Å². The first kappa shape index (κ1) is 19.3. The minimum absolute atomic E-state index is 0.304. The van der Waals surface area contributed by atoms with Crippen molar-refractivity contribution >= 4 is 22.6 Å². The third kappa shape index (κ3) is 4.67. The highest BCUT2D eigenvalue weighted by Crippen LogP contribution is 2.23. The molecule has 1 aromatic heterocycles. The molecule has 6 nitrogen and oxygen atoms in total. The highest BCUT2D eigenvalue weighted by atomic mass is 16.5. The van der Waals surface area contributed by atoms with Gasteiger partial charge in [-0.3, -0.25) is 4.79 Å². The molecule has 4 rings (SSSR count). The van der Waals surface area contributed by atoms with Crippen molar-refractivity contribution in [2.45, 2.75) is 13.0 Å². The van der Waals surface area contributed by atoms with Gasteiger partial charge in [-0.1, -0.05) is 18.2 Å². The molecule has 4 aromatic rings. The maximum atomic E-state index is 12.5. The molecule has 0 aliphatic heterocycles. The molecule has 0 saturated carbocycles. The monoisotopic (exact) mass is 401 g/mol. The van der Waals surface area contributed by atoms with E-state index >= 15 is 0 Å². The SMILES string of the molecule is C[C@@H](Oc1ccc2ccc(=O)oc2c1)C(=O)Nc1ccc(Oc2ccccc2)cc1. The maximum absolute atomic E-state index is 12.5. The van der Waals surface area contributed by atoms with Gasteiger partial charge in [0.2, 0.25) is 0 Å². The van der Waals surface area contributed by atoms with Crippen molar-refractivity contribution in [2.24, 2.45) is 0 Å². The van der Waals surface area contributed by atoms with E-state index in [-0.39, 0.29) is 5.91 Å². The van der Waals surface area contributed by atoms with Crippen LogP contribution < -0.4 is 20.4 Å². The Hall–Kier alpha value is -4.06. The van der Waals surface area contributed by atoms with Crippen LogP contribution in [-0.2, 0) is 4.79 Å². The number of hydrogen-bond acceptors (Lipinski definition) is 5. The molecule has 0 spiro atoms. The summed E-state index contributed by atoms with van der Waals surface area (Å²) in [5, 5.41) is 3.58. The first-order valence-electron chi connectivity index (χ1n) is 9.41. The van der Waals surface area contributed by atoms with Crippen LogP contribution in [0, 0.1) is 0 Å². The Morgan fingerprint density at radius 3 is 2.30 bits per heavy atom. The summed E-state index contributed by atoms with van der Waals surface area (Å²) in [5.41, 5.74) is 0.590. The molecule has 0 bridgehead atoms. The lowest BCUT2D eigenvalue weighted by atomic mass is 10.2. The van der Waals surface area contributed by atoms with Gasteiger partial charge in [0.25, 0.3) is 5.91 Å². The third-order valence-corrected chi connectivity index (χ3v) is 4.38. The summed E-state index contributed by atoms with van der Waals surface area (Å²) in [6.07, 6.45) is -0.752. The van der Waals surface area contributed by atoms with Gasteiger partial charge in [-0.2, -0.15) is 0 Å². The summed E-state index contributed by atoms with van der Waals surface area (Å²) in [6, 6.07) is 24.6. The van der Waals surface area contributed by atoms with Crippen molar-refractivity contribution in [3.05, 3.63) is 95.3 Å². The molecular formula is C24H19NO5. The zero-order valence-corrected chi connectivity index (χ0v) is 16.2. The zero-order chi connectivity index (χ0) is 20.9. The summed E-state index contributed by atoms with van der Waals surface area (Å²) in [5.74, 6) is 1.54. The van der Waals surface area contributed by atoms with E-state index in [9.17, 15) is 9.59 Å². The Bertz CT molecular complexity index is 1220. The highest BCUT2D eigenvalue weighted by molar-refractivity contribution is 5.94. The van der Waals surface area contributed by atoms with E-state index in [1.54, 1.807) is 55.5 Å². The van der Waals surface area contributed by atoms with Crippen molar-refractivity contribution in [1.82, 2.24) is 0 Å². The molecule has 0 aliphatic rings. The second-order valence-electron chi connectivity index (χ2n) is 6.64. The highest BCUT2D eigenvalue weighted by Gasteiger charge is 2.15. The number of amides is 1. The van der Waals surface area contributed by atoms with Gasteiger partial charge in [0.1, 0.15) is 22.8 Å². The fraction of sp³-hybridized carbons (Fsp3) is 0.0833. The fourth-order valence-corrected chi connectivity index (χ4v) is 2.85. The lowest BCUT2D eigenvalue weighted by molar-refractivity contribution is -0.122. The number of para-hydroxylation sites is 1. The maximum Gasteiger partial charge on any atom is 0.336 e. The molecule has 1 heterocycles. The molecule has 0 unspecified atom stereocenters. The predicted octanol–water partition coefficient (Wildman–Crippen LogP) is 4.99. The molecule has 1 atom stereocenters. The minimum atomic E-state index is -0.752. The van der Waals surface area contributed by atoms with E-state index in [1.807, 2.05) is 30.3 Å². The Morgan fingerprint density at radius 1 is 0.867 bits per heavy atom. The number of benzene rings is 3. The lowest BCUT2D eigenvalue weighted by Crippen LogP contribution is -2.30. The first-order chi connectivity index (χ1) is 14.6. The van der Waals surface area contributed by atoms with E-state index in [0.717, 1.165) is 11.1 Å². The number of rotatable bonds is 6. The molecule has 3 aromatic carbocycles. The molecule has 0 radical (unpaired) electrons. The normalized spacial score (nSPS) is 11.6. The number of fused-ring (bicyclic) bond motifs is 1. The average Bonchev–Trinajstić information content (AvgIpc) is 2.75. The average molecular weight is 401 g/mol. The molecule has 0 aliphatic carbocycles. The van der Waals surface area contributed by atoms with Crippen molar-refractivity contribution in [3.63, 3.8) is 0 Å². The van der Waals surface area contributed by atoms with E-state index in [0.29, 0.717) is 22.8 Å². The summed E-state index contributed by atoms with van der Waals surface area (Å²) in [4.78, 5) is 23.8. The van der Waals surface area contributed by atoms with Crippen LogP contribution in [0.4, 0.5) is 5.69 Å². The van der Waals surface area contributed by atoms with Crippen LogP contribution in [0.25, 0.3) is 11.0 Å². The second-order valence-corrected chi connectivity index (χ2v) is 6.64. The van der Waals surface area contributed by atoms with Gasteiger partial charge >= 0.3 is 5.63 Å². The van der Waals surface area contributed by atoms with E-state index in [2.05, 4.69) is 5.32 Å². The van der Waals surface area contributed by atoms with Crippen LogP contribution in [0.15, 0.2) is 94.1 Å². The smallest absolute Gasteiger partial charge is 0.336 e. The number of anilines is 1. The van der Waals surface area contributed by atoms with Crippen molar-refractivity contribution < 1.29 is 18.7 Å². The second kappa shape index (κ2) is 8.53. The number of carbonyl (C=O) groups excluding carboxylic acids is 1. The summed E-state index contributed by atoms with van der Waals surface area (Å²) in [6.45, 7) is 1.65. The van der Waals surface area contributed by atoms with Crippen molar-refractivity contribution in [3.8, 4) is 17.2 Å². The van der Waals surface area contributed by atoms with Crippen LogP contribution in [-0.4, -0.2) is 12.0 Å². The van der Waals surface area contributed by atoms with Gasteiger partial charge in [-0.25, -0.2) is 4.79 Å². The van der Waals surface area contributed by atoms with Gasteiger partial charge in [0.15, 0.2) is 6.10 Å². The van der Waals surface area contributed by atoms with Crippen LogP contribution in [0.5, 0.6) is 17.2 Å². The van der Waals surface area contributed by atoms with Gasteiger partial charge in [0, 0.05) is 23.2 Å². The molecule has 1 N–H and O–H groups in total. The summed E-state index contributed by atoms with van der Waals surface area (Å²) in [7, 11) is 0. The van der Waals surface area contributed by atoms with Gasteiger partial charge in [-0.05, 0) is 61.5 Å². The molecular weight excluding hydrogens is 382 g/mol. The fourth-order valence-electron chi connectivity index (χ4n) is 2.85. The molecule has 0 saturated heterocycles. The van der Waals surface area contributed by atoms with Crippen LogP contribution in [0.1, 0.15) is 6.92 Å². The summed E-state index contributed by atoms with van der Waals surface area (Å²) < 4.78 is 16.6. The minimum Gasteiger partial charge on any atom is -0.481 e. The van der Waals surface area contributed by atoms with Crippen LogP contribution in [0.2, 0.25) is 0 Å². The standard InChI is InChI=1S/C24H19NO5/c1-16(28-21-11-7-17-8-14-23(26)30-22(17)15-21)24(27)25-18-9-12-20(13-10-18)29-19-5-3-2-4-6-19/h2-16H,1H3,(H,25,27)/t16-/m1/s1. The zero-order valence-electron chi connectivity index (χ0n) is 16.2. The molecule has 1 amide bonds. The van der Waals surface area contributed by atoms with Crippen LogP contribution >= 0.6 is 0 Å². The van der Waals surface area contributed by atoms with Crippen LogP contribution in [0.3, 0.4) is 0 Å². The first-order valence-corrected chi connectivity index (χ1v) is 9.41. The number of hydrogen-bond donors (Lipinski definition) is 1. The van der Waals surface area contributed by atoms with Gasteiger partial charge in [-0.15, -0.1) is 0 Å². The summed E-state index contributed by atoms with van der Waals surface area (Å²) >= 11 is 0. The van der Waals surface area contributed by atoms with Gasteiger partial charge < -0.3 is 19.2 Å². The van der Waals surface area contributed by atoms with E-state index < -0.39 is 11.7 Å². The number of carbonyl (C=O) groups is 1. The predicted molar refractivity (Wildman–Crippen MR) is 114 cm³/mol. The van der Waals surface area contributed by atoms with E-state index in [1.165, 1.54) is 6.07 Å². The van der Waals surface area contributed by atoms with Gasteiger partial charge in [0.05, 0.1) is 0 Å². The topological polar surface area (TPSA) is 77.8 Å². The molecule has 150 valence electrons. The molecule has 6 heteroatoms. The number of nitrogens with one attached hydrogen (secondary N) is 1. The Kier molecular flexibility index (Phi) is 5.48. The Morgan fingerprint density at radius 2 is 1.53 bits per heavy atom. The Balaban J connectivity index is 1.38. The van der Waals surface area contributed by atoms with Crippen molar-refractivity contribution in [2.75, 3.05) is 5.32 Å². The quantitative estimate of drug-likeness (QED) is 0.461. The third-order valence-electron chi connectivity index (χ3n) is 4.38. The molecule has 0 fully saturated rings. The largest absolute Gasteiger partial charge is 0.481 e. The lowest BCUT2D eigenvalue weighted by Gasteiger charge is -2.15. The van der Waals surface area contributed by atoms with E-state index in [4.69, 9.17) is 13.9 Å².